The lowest BCUT2D eigenvalue weighted by Crippen LogP contribution is -2.25. The van der Waals surface area contributed by atoms with Crippen molar-refractivity contribution < 1.29 is 14.3 Å². The van der Waals surface area contributed by atoms with Crippen molar-refractivity contribution in [3.8, 4) is 16.9 Å². The van der Waals surface area contributed by atoms with Crippen LogP contribution in [0, 0.1) is 0 Å². The number of para-hydroxylation sites is 1. The van der Waals surface area contributed by atoms with Gasteiger partial charge in [-0.1, -0.05) is 48.5 Å². The molecular weight excluding hydrogens is 350 g/mol. The molecule has 28 heavy (non-hydrogen) atoms. The first-order chi connectivity index (χ1) is 13.7. The number of hydrogen-bond donors (Lipinski definition) is 1. The SMILES string of the molecule is O=C(NCCCCOc1ccccc1)c1ccc2c(c1)C(=O)c1ccccc1-2. The van der Waals surface area contributed by atoms with Gasteiger partial charge in [-0.25, -0.2) is 0 Å². The van der Waals surface area contributed by atoms with Crippen LogP contribution >= 0.6 is 0 Å². The number of fused-ring (bicyclic) bond motifs is 3. The third-order valence-corrected chi connectivity index (χ3v) is 4.86. The first-order valence-corrected chi connectivity index (χ1v) is 9.48. The molecule has 4 heteroatoms. The number of carbonyl (C=O) groups is 2. The summed E-state index contributed by atoms with van der Waals surface area (Å²) in [7, 11) is 0. The average Bonchev–Trinajstić information content (AvgIpc) is 3.03. The summed E-state index contributed by atoms with van der Waals surface area (Å²) in [5.41, 5.74) is 3.65. The molecule has 1 N–H and O–H groups in total. The van der Waals surface area contributed by atoms with Crippen molar-refractivity contribution in [1.29, 1.82) is 0 Å². The summed E-state index contributed by atoms with van der Waals surface area (Å²) >= 11 is 0. The van der Waals surface area contributed by atoms with Crippen LogP contribution in [0.4, 0.5) is 0 Å². The summed E-state index contributed by atoms with van der Waals surface area (Å²) in [5, 5.41) is 2.92. The third kappa shape index (κ3) is 3.67. The van der Waals surface area contributed by atoms with Crippen LogP contribution in [0.5, 0.6) is 5.75 Å². The molecule has 4 rings (SSSR count). The highest BCUT2D eigenvalue weighted by molar-refractivity contribution is 6.22. The quantitative estimate of drug-likeness (QED) is 0.487. The summed E-state index contributed by atoms with van der Waals surface area (Å²) in [6.07, 6.45) is 1.68. The molecule has 3 aromatic rings. The molecule has 0 unspecified atom stereocenters. The molecule has 1 amide bonds. The van der Waals surface area contributed by atoms with E-state index >= 15 is 0 Å². The van der Waals surface area contributed by atoms with Crippen LogP contribution in [-0.4, -0.2) is 24.8 Å². The number of nitrogens with one attached hydrogen (secondary N) is 1. The number of hydrogen-bond acceptors (Lipinski definition) is 3. The molecule has 1 aliphatic carbocycles. The van der Waals surface area contributed by atoms with Crippen LogP contribution in [0.25, 0.3) is 11.1 Å². The van der Waals surface area contributed by atoms with Gasteiger partial charge in [-0.05, 0) is 48.2 Å². The van der Waals surface area contributed by atoms with Crippen molar-refractivity contribution >= 4 is 11.7 Å². The van der Waals surface area contributed by atoms with Gasteiger partial charge in [0.2, 0.25) is 0 Å². The molecular formula is C24H21NO3. The van der Waals surface area contributed by atoms with Gasteiger partial charge in [-0.2, -0.15) is 0 Å². The lowest BCUT2D eigenvalue weighted by Gasteiger charge is -2.08. The number of unbranched alkanes of at least 4 members (excludes halogenated alkanes) is 1. The summed E-state index contributed by atoms with van der Waals surface area (Å²) in [6.45, 7) is 1.19. The Labute approximate surface area is 164 Å². The monoisotopic (exact) mass is 371 g/mol. The summed E-state index contributed by atoms with van der Waals surface area (Å²) < 4.78 is 5.64. The van der Waals surface area contributed by atoms with Crippen LogP contribution in [0.1, 0.15) is 39.1 Å². The Balaban J connectivity index is 1.29. The van der Waals surface area contributed by atoms with Crippen LogP contribution < -0.4 is 10.1 Å². The minimum absolute atomic E-state index is 0.0155. The highest BCUT2D eigenvalue weighted by Gasteiger charge is 2.26. The Morgan fingerprint density at radius 3 is 2.32 bits per heavy atom. The van der Waals surface area contributed by atoms with Gasteiger partial charge < -0.3 is 10.1 Å². The molecule has 1 aliphatic rings. The van der Waals surface area contributed by atoms with E-state index in [0.29, 0.717) is 29.8 Å². The van der Waals surface area contributed by atoms with Gasteiger partial charge in [0, 0.05) is 23.2 Å². The van der Waals surface area contributed by atoms with Crippen molar-refractivity contribution in [2.75, 3.05) is 13.2 Å². The van der Waals surface area contributed by atoms with Gasteiger partial charge in [-0.15, -0.1) is 0 Å². The van der Waals surface area contributed by atoms with Crippen LogP contribution in [0.2, 0.25) is 0 Å². The van der Waals surface area contributed by atoms with E-state index in [1.807, 2.05) is 60.7 Å². The van der Waals surface area contributed by atoms with Crippen molar-refractivity contribution in [2.24, 2.45) is 0 Å². The zero-order chi connectivity index (χ0) is 19.3. The second kappa shape index (κ2) is 8.09. The average molecular weight is 371 g/mol. The largest absolute Gasteiger partial charge is 0.494 e. The molecule has 0 radical (unpaired) electrons. The van der Waals surface area contributed by atoms with E-state index < -0.39 is 0 Å². The first kappa shape index (κ1) is 18.0. The topological polar surface area (TPSA) is 55.4 Å². The van der Waals surface area contributed by atoms with E-state index in [1.54, 1.807) is 12.1 Å². The Hall–Kier alpha value is -3.40. The Bertz CT molecular complexity index is 1010. The van der Waals surface area contributed by atoms with Crippen LogP contribution in [0.3, 0.4) is 0 Å². The Morgan fingerprint density at radius 2 is 1.50 bits per heavy atom. The van der Waals surface area contributed by atoms with E-state index in [4.69, 9.17) is 4.74 Å². The van der Waals surface area contributed by atoms with Crippen molar-refractivity contribution in [3.05, 3.63) is 89.5 Å². The lowest BCUT2D eigenvalue weighted by molar-refractivity contribution is 0.0952. The molecule has 0 aromatic heterocycles. The molecule has 0 aliphatic heterocycles. The van der Waals surface area contributed by atoms with Gasteiger partial charge >= 0.3 is 0 Å². The molecule has 0 spiro atoms. The molecule has 0 saturated carbocycles. The van der Waals surface area contributed by atoms with Gasteiger partial charge in [0.15, 0.2) is 5.78 Å². The molecule has 0 heterocycles. The number of amides is 1. The molecule has 4 nitrogen and oxygen atoms in total. The maximum atomic E-state index is 12.6. The van der Waals surface area contributed by atoms with Crippen LogP contribution in [0.15, 0.2) is 72.8 Å². The minimum atomic E-state index is -0.157. The van der Waals surface area contributed by atoms with Gasteiger partial charge in [-0.3, -0.25) is 9.59 Å². The normalized spacial score (nSPS) is 11.6. The summed E-state index contributed by atoms with van der Waals surface area (Å²) in [6, 6.07) is 22.6. The highest BCUT2D eigenvalue weighted by Crippen LogP contribution is 2.36. The maximum absolute atomic E-state index is 12.6. The van der Waals surface area contributed by atoms with E-state index in [1.165, 1.54) is 0 Å². The van der Waals surface area contributed by atoms with Crippen molar-refractivity contribution in [3.63, 3.8) is 0 Å². The molecule has 0 fully saturated rings. The second-order valence-corrected chi connectivity index (χ2v) is 6.76. The zero-order valence-electron chi connectivity index (χ0n) is 15.5. The van der Waals surface area contributed by atoms with Gasteiger partial charge in [0.05, 0.1) is 6.61 Å². The fourth-order valence-electron chi connectivity index (χ4n) is 3.41. The number of ketones is 1. The fourth-order valence-corrected chi connectivity index (χ4v) is 3.41. The summed E-state index contributed by atoms with van der Waals surface area (Å²) in [5.74, 6) is 0.684. The maximum Gasteiger partial charge on any atom is 0.251 e. The first-order valence-electron chi connectivity index (χ1n) is 9.48. The number of benzene rings is 3. The highest BCUT2D eigenvalue weighted by atomic mass is 16.5. The van der Waals surface area contributed by atoms with E-state index in [-0.39, 0.29) is 11.7 Å². The Kier molecular flexibility index (Phi) is 5.20. The zero-order valence-corrected chi connectivity index (χ0v) is 15.5. The molecule has 0 bridgehead atoms. The standard InChI is InChI=1S/C24H21NO3/c26-23-21-11-5-4-10-19(21)20-13-12-17(16-22(20)23)24(27)25-14-6-7-15-28-18-8-2-1-3-9-18/h1-5,8-13,16H,6-7,14-15H2,(H,25,27). The second-order valence-electron chi connectivity index (χ2n) is 6.76. The number of carbonyl (C=O) groups excluding carboxylic acids is 2. The van der Waals surface area contributed by atoms with E-state index in [9.17, 15) is 9.59 Å². The predicted molar refractivity (Wildman–Crippen MR) is 109 cm³/mol. The van der Waals surface area contributed by atoms with Gasteiger partial charge in [0.1, 0.15) is 5.75 Å². The predicted octanol–water partition coefficient (Wildman–Crippen LogP) is 4.49. The van der Waals surface area contributed by atoms with Crippen molar-refractivity contribution in [1.82, 2.24) is 5.32 Å². The van der Waals surface area contributed by atoms with E-state index in [2.05, 4.69) is 5.32 Å². The lowest BCUT2D eigenvalue weighted by atomic mass is 10.0. The number of rotatable bonds is 7. The smallest absolute Gasteiger partial charge is 0.251 e. The molecule has 140 valence electrons. The molecule has 3 aromatic carbocycles. The van der Waals surface area contributed by atoms with Crippen molar-refractivity contribution in [2.45, 2.75) is 12.8 Å². The minimum Gasteiger partial charge on any atom is -0.494 e. The summed E-state index contributed by atoms with van der Waals surface area (Å²) in [4.78, 5) is 25.0. The molecule has 0 atom stereocenters. The fraction of sp³-hybridized carbons (Fsp3) is 0.167. The molecule has 0 saturated heterocycles. The van der Waals surface area contributed by atoms with E-state index in [0.717, 1.165) is 29.7 Å². The Morgan fingerprint density at radius 1 is 0.786 bits per heavy atom. The third-order valence-electron chi connectivity index (χ3n) is 4.86. The van der Waals surface area contributed by atoms with Crippen LogP contribution in [-0.2, 0) is 0 Å². The number of ether oxygens (including phenoxy) is 1. The van der Waals surface area contributed by atoms with Gasteiger partial charge in [0.25, 0.3) is 5.91 Å².